The summed E-state index contributed by atoms with van der Waals surface area (Å²) in [5.41, 5.74) is -0.701. The van der Waals surface area contributed by atoms with E-state index in [1.807, 2.05) is 6.07 Å². The summed E-state index contributed by atoms with van der Waals surface area (Å²) < 4.78 is 30.5. The minimum atomic E-state index is -0.851. The van der Waals surface area contributed by atoms with Gasteiger partial charge < -0.3 is 14.2 Å². The van der Waals surface area contributed by atoms with E-state index >= 15 is 0 Å². The van der Waals surface area contributed by atoms with Gasteiger partial charge >= 0.3 is 6.09 Å². The second kappa shape index (κ2) is 5.67. The van der Waals surface area contributed by atoms with E-state index in [9.17, 15) is 9.18 Å². The molecular formula is C15H23FN2O4. The van der Waals surface area contributed by atoms with Crippen molar-refractivity contribution in [2.45, 2.75) is 76.7 Å². The SMILES string of the molecule is CC(C)(C)OC(=O)N1C(CF)C2OC(C)(C)OC2C1CC#N. The van der Waals surface area contributed by atoms with E-state index in [0.29, 0.717) is 0 Å². The molecule has 0 N–H and O–H groups in total. The standard InChI is InChI=1S/C15H23FN2O4/c1-14(2,3)22-13(19)18-9(6-7-17)11-12(10(18)8-16)21-15(4,5)20-11/h9-12H,6,8H2,1-5H3. The summed E-state index contributed by atoms with van der Waals surface area (Å²) in [5, 5.41) is 9.05. The number of hydrogen-bond donors (Lipinski definition) is 0. The van der Waals surface area contributed by atoms with E-state index in [-0.39, 0.29) is 6.42 Å². The zero-order valence-electron chi connectivity index (χ0n) is 13.6. The molecule has 0 bridgehead atoms. The third-order valence-electron chi connectivity index (χ3n) is 3.70. The highest BCUT2D eigenvalue weighted by atomic mass is 19.1. The van der Waals surface area contributed by atoms with Gasteiger partial charge in [0.25, 0.3) is 0 Å². The molecule has 0 spiro atoms. The Morgan fingerprint density at radius 1 is 1.32 bits per heavy atom. The van der Waals surface area contributed by atoms with Crippen molar-refractivity contribution >= 4 is 6.09 Å². The molecular weight excluding hydrogens is 291 g/mol. The Morgan fingerprint density at radius 2 is 1.86 bits per heavy atom. The fourth-order valence-corrected chi connectivity index (χ4v) is 3.03. The maximum atomic E-state index is 13.6. The van der Waals surface area contributed by atoms with Crippen LogP contribution in [0.25, 0.3) is 0 Å². The highest BCUT2D eigenvalue weighted by Gasteiger charge is 2.59. The normalized spacial score (nSPS) is 33.4. The number of amides is 1. The van der Waals surface area contributed by atoms with E-state index in [4.69, 9.17) is 19.5 Å². The molecule has 2 saturated heterocycles. The number of halogens is 1. The summed E-state index contributed by atoms with van der Waals surface area (Å²) in [4.78, 5) is 13.7. The van der Waals surface area contributed by atoms with Gasteiger partial charge in [0.2, 0.25) is 0 Å². The summed E-state index contributed by atoms with van der Waals surface area (Å²) in [6.07, 6.45) is -1.72. The Bertz CT molecular complexity index is 483. The largest absolute Gasteiger partial charge is 0.444 e. The van der Waals surface area contributed by atoms with Gasteiger partial charge in [0, 0.05) is 0 Å². The molecule has 2 aliphatic rings. The van der Waals surface area contributed by atoms with E-state index in [1.165, 1.54) is 4.90 Å². The molecule has 0 aromatic heterocycles. The van der Waals surface area contributed by atoms with Crippen LogP contribution in [0.15, 0.2) is 0 Å². The molecule has 2 rings (SSSR count). The second-order valence-electron chi connectivity index (χ2n) is 7.10. The molecule has 0 aromatic rings. The van der Waals surface area contributed by atoms with Crippen LogP contribution in [0.4, 0.5) is 9.18 Å². The summed E-state index contributed by atoms with van der Waals surface area (Å²) in [7, 11) is 0. The second-order valence-corrected chi connectivity index (χ2v) is 7.10. The Hall–Kier alpha value is -1.39. The lowest BCUT2D eigenvalue weighted by atomic mass is 10.1. The van der Waals surface area contributed by atoms with E-state index in [0.717, 1.165) is 0 Å². The van der Waals surface area contributed by atoms with Crippen LogP contribution in [0, 0.1) is 11.3 Å². The van der Waals surface area contributed by atoms with Gasteiger partial charge in [-0.05, 0) is 34.6 Å². The fourth-order valence-electron chi connectivity index (χ4n) is 3.03. The molecule has 2 fully saturated rings. The minimum Gasteiger partial charge on any atom is -0.444 e. The van der Waals surface area contributed by atoms with Gasteiger partial charge in [0.1, 0.15) is 24.5 Å². The monoisotopic (exact) mass is 314 g/mol. The number of ether oxygens (including phenoxy) is 3. The molecule has 22 heavy (non-hydrogen) atoms. The lowest BCUT2D eigenvalue weighted by molar-refractivity contribution is -0.167. The minimum absolute atomic E-state index is 0.0380. The third-order valence-corrected chi connectivity index (χ3v) is 3.70. The Morgan fingerprint density at radius 3 is 2.32 bits per heavy atom. The predicted octanol–water partition coefficient (Wildman–Crippen LogP) is 2.38. The lowest BCUT2D eigenvalue weighted by Crippen LogP contribution is -2.49. The van der Waals surface area contributed by atoms with Gasteiger partial charge in [-0.25, -0.2) is 9.18 Å². The first-order chi connectivity index (χ1) is 10.1. The molecule has 124 valence electrons. The number of likely N-dealkylation sites (tertiary alicyclic amines) is 1. The van der Waals surface area contributed by atoms with Crippen LogP contribution in [-0.2, 0) is 14.2 Å². The van der Waals surface area contributed by atoms with Gasteiger partial charge in [0.15, 0.2) is 5.79 Å². The van der Waals surface area contributed by atoms with Gasteiger partial charge in [-0.2, -0.15) is 5.26 Å². The summed E-state index contributed by atoms with van der Waals surface area (Å²) in [6, 6.07) is 0.652. The van der Waals surface area contributed by atoms with Crippen molar-refractivity contribution in [1.29, 1.82) is 5.26 Å². The van der Waals surface area contributed by atoms with Gasteiger partial charge in [0.05, 0.1) is 24.6 Å². The summed E-state index contributed by atoms with van der Waals surface area (Å²) in [5.74, 6) is -0.851. The summed E-state index contributed by atoms with van der Waals surface area (Å²) >= 11 is 0. The zero-order valence-corrected chi connectivity index (χ0v) is 13.6. The highest BCUT2D eigenvalue weighted by Crippen LogP contribution is 2.42. The number of carbonyl (C=O) groups excluding carboxylic acids is 1. The fraction of sp³-hybridized carbons (Fsp3) is 0.867. The van der Waals surface area contributed by atoms with Crippen LogP contribution in [0.2, 0.25) is 0 Å². The Kier molecular flexibility index (Phi) is 4.37. The van der Waals surface area contributed by atoms with E-state index in [2.05, 4.69) is 0 Å². The van der Waals surface area contributed by atoms with Gasteiger partial charge in [-0.3, -0.25) is 4.90 Å². The van der Waals surface area contributed by atoms with Gasteiger partial charge in [-0.1, -0.05) is 0 Å². The van der Waals surface area contributed by atoms with Crippen molar-refractivity contribution in [1.82, 2.24) is 4.90 Å². The number of nitrogens with zero attached hydrogens (tertiary/aromatic N) is 2. The molecule has 2 heterocycles. The predicted molar refractivity (Wildman–Crippen MR) is 75.7 cm³/mol. The number of nitriles is 1. The van der Waals surface area contributed by atoms with Crippen LogP contribution in [-0.4, -0.2) is 53.3 Å². The van der Waals surface area contributed by atoms with Crippen LogP contribution in [0.3, 0.4) is 0 Å². The van der Waals surface area contributed by atoms with Crippen LogP contribution < -0.4 is 0 Å². The first-order valence-electron chi connectivity index (χ1n) is 7.39. The zero-order chi connectivity index (χ0) is 16.7. The van der Waals surface area contributed by atoms with Crippen molar-refractivity contribution < 1.29 is 23.4 Å². The molecule has 0 saturated carbocycles. The van der Waals surface area contributed by atoms with Gasteiger partial charge in [-0.15, -0.1) is 0 Å². The molecule has 0 aliphatic carbocycles. The lowest BCUT2D eigenvalue weighted by Gasteiger charge is -2.33. The van der Waals surface area contributed by atoms with Crippen molar-refractivity contribution in [3.8, 4) is 6.07 Å². The smallest absolute Gasteiger partial charge is 0.411 e. The first kappa shape index (κ1) is 17.0. The average molecular weight is 314 g/mol. The number of carbonyl (C=O) groups is 1. The Labute approximate surface area is 130 Å². The molecule has 0 aromatic carbocycles. The van der Waals surface area contributed by atoms with Crippen molar-refractivity contribution in [2.75, 3.05) is 6.67 Å². The maximum Gasteiger partial charge on any atom is 0.411 e. The molecule has 0 radical (unpaired) electrons. The van der Waals surface area contributed by atoms with E-state index in [1.54, 1.807) is 34.6 Å². The Balaban J connectivity index is 2.28. The topological polar surface area (TPSA) is 71.8 Å². The van der Waals surface area contributed by atoms with Crippen LogP contribution in [0.5, 0.6) is 0 Å². The average Bonchev–Trinajstić information content (AvgIpc) is 2.79. The van der Waals surface area contributed by atoms with E-state index < -0.39 is 48.4 Å². The molecule has 1 amide bonds. The number of hydrogen-bond acceptors (Lipinski definition) is 5. The van der Waals surface area contributed by atoms with Crippen molar-refractivity contribution in [2.24, 2.45) is 0 Å². The number of rotatable bonds is 2. The molecule has 4 unspecified atom stereocenters. The highest BCUT2D eigenvalue weighted by molar-refractivity contribution is 5.70. The van der Waals surface area contributed by atoms with Crippen LogP contribution in [0.1, 0.15) is 41.0 Å². The molecule has 4 atom stereocenters. The molecule has 2 aliphatic heterocycles. The van der Waals surface area contributed by atoms with Crippen molar-refractivity contribution in [3.63, 3.8) is 0 Å². The van der Waals surface area contributed by atoms with Crippen LogP contribution >= 0.6 is 0 Å². The molecule has 6 nitrogen and oxygen atoms in total. The van der Waals surface area contributed by atoms with Crippen molar-refractivity contribution in [3.05, 3.63) is 0 Å². The first-order valence-corrected chi connectivity index (χ1v) is 7.39. The summed E-state index contributed by atoms with van der Waals surface area (Å²) in [6.45, 7) is 7.91. The quantitative estimate of drug-likeness (QED) is 0.782. The number of alkyl halides is 1. The number of fused-ring (bicyclic) bond motifs is 1. The molecule has 7 heteroatoms. The maximum absolute atomic E-state index is 13.6. The third kappa shape index (κ3) is 3.18.